The van der Waals surface area contributed by atoms with Crippen LogP contribution in [0.1, 0.15) is 30.9 Å². The highest BCUT2D eigenvalue weighted by atomic mass is 35.5. The highest BCUT2D eigenvalue weighted by Gasteiger charge is 2.21. The molecule has 1 aliphatic rings. The molecule has 0 radical (unpaired) electrons. The zero-order valence-electron chi connectivity index (χ0n) is 15.2. The molecule has 5 heteroatoms. The number of ether oxygens (including phenoxy) is 1. The summed E-state index contributed by atoms with van der Waals surface area (Å²) in [6, 6.07) is 14.4. The van der Waals surface area contributed by atoms with Crippen molar-refractivity contribution < 1.29 is 4.74 Å². The minimum Gasteiger partial charge on any atom is -0.489 e. The van der Waals surface area contributed by atoms with Gasteiger partial charge < -0.3 is 10.1 Å². The minimum absolute atomic E-state index is 0.433. The fraction of sp³-hybridized carbons (Fsp3) is 0.429. The summed E-state index contributed by atoms with van der Waals surface area (Å²) >= 11 is 12.1. The molecule has 1 saturated heterocycles. The largest absolute Gasteiger partial charge is 0.489 e. The number of likely N-dealkylation sites (N-methyl/N-ethyl adjacent to an activating group) is 1. The lowest BCUT2D eigenvalue weighted by molar-refractivity contribution is 0.260. The van der Waals surface area contributed by atoms with Crippen molar-refractivity contribution in [3.8, 4) is 5.75 Å². The lowest BCUT2D eigenvalue weighted by Crippen LogP contribution is -2.37. The summed E-state index contributed by atoms with van der Waals surface area (Å²) in [6.45, 7) is 7.01. The van der Waals surface area contributed by atoms with Crippen molar-refractivity contribution in [1.29, 1.82) is 0 Å². The van der Waals surface area contributed by atoms with Crippen LogP contribution in [0.25, 0.3) is 0 Å². The monoisotopic (exact) mass is 392 g/mol. The quantitative estimate of drug-likeness (QED) is 0.672. The van der Waals surface area contributed by atoms with Crippen LogP contribution >= 0.6 is 23.2 Å². The topological polar surface area (TPSA) is 24.5 Å². The van der Waals surface area contributed by atoms with E-state index in [0.29, 0.717) is 22.7 Å². The van der Waals surface area contributed by atoms with E-state index in [1.807, 2.05) is 24.3 Å². The minimum atomic E-state index is 0.433. The number of likely N-dealkylation sites (tertiary alicyclic amines) is 1. The van der Waals surface area contributed by atoms with Crippen molar-refractivity contribution in [2.45, 2.75) is 39.0 Å². The van der Waals surface area contributed by atoms with E-state index in [1.54, 1.807) is 6.07 Å². The van der Waals surface area contributed by atoms with E-state index in [4.69, 9.17) is 27.9 Å². The van der Waals surface area contributed by atoms with Crippen molar-refractivity contribution in [3.63, 3.8) is 0 Å². The van der Waals surface area contributed by atoms with Gasteiger partial charge in [-0.25, -0.2) is 0 Å². The predicted octanol–water partition coefficient (Wildman–Crippen LogP) is 5.15. The number of nitrogens with one attached hydrogen (secondary N) is 1. The molecule has 1 aliphatic heterocycles. The van der Waals surface area contributed by atoms with Gasteiger partial charge in [-0.05, 0) is 55.8 Å². The lowest BCUT2D eigenvalue weighted by Gasteiger charge is -2.23. The van der Waals surface area contributed by atoms with Gasteiger partial charge in [0.25, 0.3) is 0 Å². The molecule has 3 rings (SSSR count). The highest BCUT2D eigenvalue weighted by molar-refractivity contribution is 6.35. The maximum Gasteiger partial charge on any atom is 0.119 e. The molecule has 2 aromatic rings. The van der Waals surface area contributed by atoms with Gasteiger partial charge in [0, 0.05) is 34.7 Å². The normalized spacial score (nSPS) is 17.6. The molecule has 0 aromatic heterocycles. The Hall–Kier alpha value is -1.26. The molecule has 1 unspecified atom stereocenters. The molecule has 0 saturated carbocycles. The maximum atomic E-state index is 6.18. The Bertz CT molecular complexity index is 706. The Morgan fingerprint density at radius 1 is 1.15 bits per heavy atom. The van der Waals surface area contributed by atoms with Crippen molar-refractivity contribution >= 4 is 23.2 Å². The summed E-state index contributed by atoms with van der Waals surface area (Å²) in [5.41, 5.74) is 2.20. The van der Waals surface area contributed by atoms with Gasteiger partial charge in [-0.2, -0.15) is 0 Å². The smallest absolute Gasteiger partial charge is 0.119 e. The van der Waals surface area contributed by atoms with Crippen LogP contribution in [-0.2, 0) is 13.2 Å². The molecular weight excluding hydrogens is 367 g/mol. The number of hydrogen-bond donors (Lipinski definition) is 1. The zero-order chi connectivity index (χ0) is 18.4. The third-order valence-electron chi connectivity index (χ3n) is 4.95. The molecule has 1 heterocycles. The average molecular weight is 393 g/mol. The SMILES string of the molecule is CCN1CCCC1CNCc1ccc(OCc2ccc(Cl)cc2Cl)cc1. The Balaban J connectivity index is 1.44. The number of benzene rings is 2. The van der Waals surface area contributed by atoms with Crippen LogP contribution in [0.2, 0.25) is 10.0 Å². The molecule has 0 bridgehead atoms. The second-order valence-electron chi connectivity index (χ2n) is 6.72. The van der Waals surface area contributed by atoms with Crippen molar-refractivity contribution in [2.75, 3.05) is 19.6 Å². The number of hydrogen-bond acceptors (Lipinski definition) is 3. The van der Waals surface area contributed by atoms with Crippen LogP contribution in [0.3, 0.4) is 0 Å². The zero-order valence-corrected chi connectivity index (χ0v) is 16.7. The van der Waals surface area contributed by atoms with Crippen molar-refractivity contribution in [2.24, 2.45) is 0 Å². The van der Waals surface area contributed by atoms with E-state index in [2.05, 4.69) is 29.3 Å². The summed E-state index contributed by atoms with van der Waals surface area (Å²) in [5, 5.41) is 4.85. The molecule has 2 aromatic carbocycles. The van der Waals surface area contributed by atoms with E-state index in [0.717, 1.165) is 30.9 Å². The summed E-state index contributed by atoms with van der Waals surface area (Å²) in [7, 11) is 0. The van der Waals surface area contributed by atoms with E-state index in [1.165, 1.54) is 24.9 Å². The molecule has 0 amide bonds. The summed E-state index contributed by atoms with van der Waals surface area (Å²) in [5.74, 6) is 0.840. The maximum absolute atomic E-state index is 6.18. The van der Waals surface area contributed by atoms with E-state index < -0.39 is 0 Å². The van der Waals surface area contributed by atoms with Crippen LogP contribution < -0.4 is 10.1 Å². The van der Waals surface area contributed by atoms with Gasteiger partial charge in [0.2, 0.25) is 0 Å². The van der Waals surface area contributed by atoms with E-state index in [9.17, 15) is 0 Å². The molecule has 1 N–H and O–H groups in total. The van der Waals surface area contributed by atoms with Crippen LogP contribution in [0, 0.1) is 0 Å². The van der Waals surface area contributed by atoms with Crippen LogP contribution in [0.15, 0.2) is 42.5 Å². The van der Waals surface area contributed by atoms with Crippen LogP contribution in [-0.4, -0.2) is 30.6 Å². The lowest BCUT2D eigenvalue weighted by atomic mass is 10.2. The highest BCUT2D eigenvalue weighted by Crippen LogP contribution is 2.23. The molecule has 0 aliphatic carbocycles. The standard InChI is InChI=1S/C21H26Cl2N2O/c1-2-25-11-3-4-19(25)14-24-13-16-5-9-20(10-6-16)26-15-17-7-8-18(22)12-21(17)23/h5-10,12,19,24H,2-4,11,13-15H2,1H3. The summed E-state index contributed by atoms with van der Waals surface area (Å²) < 4.78 is 5.83. The molecule has 1 atom stereocenters. The summed E-state index contributed by atoms with van der Waals surface area (Å²) in [4.78, 5) is 2.56. The van der Waals surface area contributed by atoms with Crippen molar-refractivity contribution in [3.05, 3.63) is 63.6 Å². The van der Waals surface area contributed by atoms with E-state index in [-0.39, 0.29) is 0 Å². The third kappa shape index (κ3) is 5.37. The van der Waals surface area contributed by atoms with Gasteiger partial charge in [-0.3, -0.25) is 4.90 Å². The van der Waals surface area contributed by atoms with Gasteiger partial charge >= 0.3 is 0 Å². The Morgan fingerprint density at radius 2 is 1.96 bits per heavy atom. The van der Waals surface area contributed by atoms with Crippen molar-refractivity contribution in [1.82, 2.24) is 10.2 Å². The molecule has 3 nitrogen and oxygen atoms in total. The Morgan fingerprint density at radius 3 is 2.69 bits per heavy atom. The molecule has 0 spiro atoms. The first-order valence-corrected chi connectivity index (χ1v) is 10.0. The van der Waals surface area contributed by atoms with Gasteiger partial charge in [0.15, 0.2) is 0 Å². The van der Waals surface area contributed by atoms with Crippen LogP contribution in [0.4, 0.5) is 0 Å². The molecular formula is C21H26Cl2N2O. The second-order valence-corrected chi connectivity index (χ2v) is 7.57. The van der Waals surface area contributed by atoms with E-state index >= 15 is 0 Å². The number of nitrogens with zero attached hydrogens (tertiary/aromatic N) is 1. The van der Waals surface area contributed by atoms with Gasteiger partial charge in [0.1, 0.15) is 12.4 Å². The molecule has 140 valence electrons. The van der Waals surface area contributed by atoms with Gasteiger partial charge in [0.05, 0.1) is 0 Å². The Kier molecular flexibility index (Phi) is 7.21. The molecule has 26 heavy (non-hydrogen) atoms. The van der Waals surface area contributed by atoms with Gasteiger partial charge in [-0.15, -0.1) is 0 Å². The second kappa shape index (κ2) is 9.61. The average Bonchev–Trinajstić information content (AvgIpc) is 3.10. The van der Waals surface area contributed by atoms with Crippen LogP contribution in [0.5, 0.6) is 5.75 Å². The first kappa shape index (κ1) is 19.5. The molecule has 1 fully saturated rings. The predicted molar refractivity (Wildman–Crippen MR) is 109 cm³/mol. The first-order chi connectivity index (χ1) is 12.7. The summed E-state index contributed by atoms with van der Waals surface area (Å²) in [6.07, 6.45) is 2.63. The fourth-order valence-corrected chi connectivity index (χ4v) is 3.89. The number of rotatable bonds is 8. The van der Waals surface area contributed by atoms with Gasteiger partial charge in [-0.1, -0.05) is 48.3 Å². The first-order valence-electron chi connectivity index (χ1n) is 9.26. The third-order valence-corrected chi connectivity index (χ3v) is 5.53. The number of halogens is 2. The Labute approximate surface area is 166 Å². The fourth-order valence-electron chi connectivity index (χ4n) is 3.43.